The molecule has 5 nitrogen and oxygen atoms in total. The number of nitrogens with zero attached hydrogens (tertiary/aromatic N) is 1. The van der Waals surface area contributed by atoms with Gasteiger partial charge in [0.15, 0.2) is 0 Å². The Balaban J connectivity index is 1.96. The van der Waals surface area contributed by atoms with Gasteiger partial charge in [-0.2, -0.15) is 13.2 Å². The van der Waals surface area contributed by atoms with Gasteiger partial charge in [-0.25, -0.2) is 4.39 Å². The molecule has 0 radical (unpaired) electrons. The number of rotatable bonds is 4. The molecule has 1 heterocycles. The van der Waals surface area contributed by atoms with Gasteiger partial charge in [-0.1, -0.05) is 29.8 Å². The maximum absolute atomic E-state index is 14.9. The first kappa shape index (κ1) is 24.3. The van der Waals surface area contributed by atoms with Gasteiger partial charge in [0.25, 0.3) is 11.7 Å². The molecule has 1 saturated heterocycles. The van der Waals surface area contributed by atoms with Gasteiger partial charge < -0.3 is 9.84 Å². The SMILES string of the molecule is COc1ccc(Cl)c(/C(O)=C2\C(=O)C(=O)N(c3ccc(C(F)(F)F)cc3)C2c2ccccc2F)c1. The van der Waals surface area contributed by atoms with Crippen molar-refractivity contribution in [3.05, 3.63) is 99.8 Å². The van der Waals surface area contributed by atoms with E-state index in [9.17, 15) is 32.3 Å². The largest absolute Gasteiger partial charge is 0.507 e. The molecule has 3 aromatic carbocycles. The third-order valence-corrected chi connectivity index (χ3v) is 5.88. The molecule has 0 aliphatic carbocycles. The van der Waals surface area contributed by atoms with E-state index in [2.05, 4.69) is 0 Å². The second kappa shape index (κ2) is 9.07. The Bertz CT molecular complexity index is 1350. The number of amides is 1. The van der Waals surface area contributed by atoms with Crippen molar-refractivity contribution >= 4 is 34.7 Å². The Morgan fingerprint density at radius 1 is 1.03 bits per heavy atom. The molecule has 1 atom stereocenters. The number of carbonyl (C=O) groups excluding carboxylic acids is 2. The van der Waals surface area contributed by atoms with E-state index in [1.165, 1.54) is 43.5 Å². The summed E-state index contributed by atoms with van der Waals surface area (Å²) in [5, 5.41) is 11.1. The number of benzene rings is 3. The third kappa shape index (κ3) is 4.35. The lowest BCUT2D eigenvalue weighted by atomic mass is 9.94. The first-order chi connectivity index (χ1) is 16.5. The Kier molecular flexibility index (Phi) is 6.29. The van der Waals surface area contributed by atoms with E-state index in [0.29, 0.717) is 0 Å². The molecule has 35 heavy (non-hydrogen) atoms. The van der Waals surface area contributed by atoms with Crippen molar-refractivity contribution in [1.29, 1.82) is 0 Å². The summed E-state index contributed by atoms with van der Waals surface area (Å²) in [5.74, 6) is -3.50. The number of ketones is 1. The van der Waals surface area contributed by atoms with Crippen LogP contribution >= 0.6 is 11.6 Å². The highest BCUT2D eigenvalue weighted by molar-refractivity contribution is 6.52. The first-order valence-corrected chi connectivity index (χ1v) is 10.5. The van der Waals surface area contributed by atoms with Gasteiger partial charge in [-0.15, -0.1) is 0 Å². The summed E-state index contributed by atoms with van der Waals surface area (Å²) in [6, 6.07) is 11.5. The van der Waals surface area contributed by atoms with E-state index >= 15 is 0 Å². The number of halogens is 5. The highest BCUT2D eigenvalue weighted by Crippen LogP contribution is 2.44. The van der Waals surface area contributed by atoms with Crippen LogP contribution in [0.3, 0.4) is 0 Å². The molecule has 1 N–H and O–H groups in total. The first-order valence-electron chi connectivity index (χ1n) is 10.1. The number of anilines is 1. The van der Waals surface area contributed by atoms with Crippen molar-refractivity contribution in [3.8, 4) is 5.75 Å². The van der Waals surface area contributed by atoms with Crippen molar-refractivity contribution in [2.45, 2.75) is 12.2 Å². The van der Waals surface area contributed by atoms with Gasteiger partial charge in [0.1, 0.15) is 17.3 Å². The lowest BCUT2D eigenvalue weighted by Crippen LogP contribution is -2.30. The van der Waals surface area contributed by atoms with Gasteiger partial charge in [0.05, 0.1) is 29.3 Å². The van der Waals surface area contributed by atoms with Crippen LogP contribution in [0.4, 0.5) is 23.2 Å². The van der Waals surface area contributed by atoms with Crippen molar-refractivity contribution in [2.24, 2.45) is 0 Å². The summed E-state index contributed by atoms with van der Waals surface area (Å²) in [7, 11) is 1.37. The molecule has 1 aliphatic rings. The topological polar surface area (TPSA) is 66.8 Å². The lowest BCUT2D eigenvalue weighted by molar-refractivity contribution is -0.137. The second-order valence-corrected chi connectivity index (χ2v) is 7.99. The fourth-order valence-electron chi connectivity index (χ4n) is 3.86. The predicted molar refractivity (Wildman–Crippen MR) is 121 cm³/mol. The molecule has 0 saturated carbocycles. The van der Waals surface area contributed by atoms with E-state index in [4.69, 9.17) is 16.3 Å². The molecule has 3 aromatic rings. The van der Waals surface area contributed by atoms with E-state index in [0.717, 1.165) is 35.2 Å². The number of methoxy groups -OCH3 is 1. The second-order valence-electron chi connectivity index (χ2n) is 7.58. The summed E-state index contributed by atoms with van der Waals surface area (Å²) in [4.78, 5) is 27.0. The minimum atomic E-state index is -4.62. The quantitative estimate of drug-likeness (QED) is 0.200. The fraction of sp³-hybridized carbons (Fsp3) is 0.120. The third-order valence-electron chi connectivity index (χ3n) is 5.55. The number of Topliss-reactive ketones (excluding diaryl/α,β-unsaturated/α-hetero) is 1. The molecule has 0 spiro atoms. The van der Waals surface area contributed by atoms with Crippen LogP contribution in [0.5, 0.6) is 5.75 Å². The minimum absolute atomic E-state index is 0.0244. The molecular formula is C25H16ClF4NO4. The van der Waals surface area contributed by atoms with Gasteiger partial charge in [-0.05, 0) is 48.5 Å². The predicted octanol–water partition coefficient (Wildman–Crippen LogP) is 6.13. The zero-order valence-corrected chi connectivity index (χ0v) is 18.7. The molecule has 4 rings (SSSR count). The number of alkyl halides is 3. The number of aliphatic hydroxyl groups excluding tert-OH is 1. The van der Waals surface area contributed by atoms with Crippen LogP contribution < -0.4 is 9.64 Å². The number of hydrogen-bond acceptors (Lipinski definition) is 4. The van der Waals surface area contributed by atoms with Crippen LogP contribution in [0.25, 0.3) is 5.76 Å². The summed E-state index contributed by atoms with van der Waals surface area (Å²) in [6.07, 6.45) is -4.62. The number of ether oxygens (including phenoxy) is 1. The molecular weight excluding hydrogens is 490 g/mol. The van der Waals surface area contributed by atoms with Gasteiger partial charge in [0, 0.05) is 16.8 Å². The standard InChI is InChI=1S/C25H16ClF4NO4/c1-35-15-10-11-18(26)17(12-15)22(32)20-21(16-4-2-3-5-19(16)27)31(24(34)23(20)33)14-8-6-13(7-9-14)25(28,29)30/h2-12,21,32H,1H3/b22-20+. The van der Waals surface area contributed by atoms with E-state index in [-0.39, 0.29) is 27.6 Å². The van der Waals surface area contributed by atoms with Crippen LogP contribution in [-0.2, 0) is 15.8 Å². The Morgan fingerprint density at radius 3 is 2.29 bits per heavy atom. The van der Waals surface area contributed by atoms with E-state index in [1.54, 1.807) is 0 Å². The zero-order chi connectivity index (χ0) is 25.5. The van der Waals surface area contributed by atoms with Gasteiger partial charge in [-0.3, -0.25) is 14.5 Å². The molecule has 1 amide bonds. The summed E-state index contributed by atoms with van der Waals surface area (Å²) >= 11 is 6.21. The normalized spacial score (nSPS) is 17.7. The van der Waals surface area contributed by atoms with Crippen LogP contribution in [0.2, 0.25) is 5.02 Å². The van der Waals surface area contributed by atoms with Crippen LogP contribution in [-0.4, -0.2) is 23.9 Å². The number of carbonyl (C=O) groups is 2. The van der Waals surface area contributed by atoms with Gasteiger partial charge >= 0.3 is 6.18 Å². The van der Waals surface area contributed by atoms with Crippen LogP contribution in [0.1, 0.15) is 22.7 Å². The molecule has 1 fully saturated rings. The maximum Gasteiger partial charge on any atom is 0.416 e. The summed E-state index contributed by atoms with van der Waals surface area (Å²) < 4.78 is 59.1. The Hall–Kier alpha value is -3.85. The van der Waals surface area contributed by atoms with Crippen LogP contribution in [0.15, 0.2) is 72.3 Å². The molecule has 0 aromatic heterocycles. The highest BCUT2D eigenvalue weighted by Gasteiger charge is 2.48. The fourth-order valence-corrected chi connectivity index (χ4v) is 4.07. The summed E-state index contributed by atoms with van der Waals surface area (Å²) in [5.41, 5.74) is -1.73. The number of hydrogen-bond donors (Lipinski definition) is 1. The molecule has 0 bridgehead atoms. The molecule has 1 unspecified atom stereocenters. The monoisotopic (exact) mass is 505 g/mol. The molecule has 1 aliphatic heterocycles. The van der Waals surface area contributed by atoms with Crippen molar-refractivity contribution < 1.29 is 37.0 Å². The van der Waals surface area contributed by atoms with E-state index in [1.807, 2.05) is 0 Å². The number of aliphatic hydroxyl groups is 1. The van der Waals surface area contributed by atoms with Crippen LogP contribution in [0, 0.1) is 5.82 Å². The van der Waals surface area contributed by atoms with Crippen molar-refractivity contribution in [1.82, 2.24) is 0 Å². The Morgan fingerprint density at radius 2 is 1.69 bits per heavy atom. The Labute approximate surface area is 201 Å². The maximum atomic E-state index is 14.9. The van der Waals surface area contributed by atoms with Crippen molar-refractivity contribution in [3.63, 3.8) is 0 Å². The average molecular weight is 506 g/mol. The molecule has 10 heteroatoms. The minimum Gasteiger partial charge on any atom is -0.507 e. The van der Waals surface area contributed by atoms with E-state index < -0.39 is 46.6 Å². The van der Waals surface area contributed by atoms with Gasteiger partial charge in [0.2, 0.25) is 0 Å². The highest BCUT2D eigenvalue weighted by atomic mass is 35.5. The average Bonchev–Trinajstić information content (AvgIpc) is 3.09. The lowest BCUT2D eigenvalue weighted by Gasteiger charge is -2.26. The summed E-state index contributed by atoms with van der Waals surface area (Å²) in [6.45, 7) is 0. The smallest absolute Gasteiger partial charge is 0.416 e. The molecule has 180 valence electrons. The zero-order valence-electron chi connectivity index (χ0n) is 17.9. The van der Waals surface area contributed by atoms with Crippen molar-refractivity contribution in [2.75, 3.05) is 12.0 Å².